The van der Waals surface area contributed by atoms with Crippen LogP contribution in [0.5, 0.6) is 0 Å². The molecule has 1 rings (SSSR count). The van der Waals surface area contributed by atoms with Crippen molar-refractivity contribution >= 4 is 28.8 Å². The van der Waals surface area contributed by atoms with E-state index in [4.69, 9.17) is 11.6 Å². The molecule has 1 amide bonds. The van der Waals surface area contributed by atoms with E-state index in [1.54, 1.807) is 5.51 Å². The van der Waals surface area contributed by atoms with Crippen molar-refractivity contribution in [3.8, 4) is 0 Å². The maximum absolute atomic E-state index is 12.1. The number of thiazole rings is 1. The number of amides is 1. The monoisotopic (exact) mass is 274 g/mol. The first-order valence-corrected chi connectivity index (χ1v) is 7.04. The number of alkyl halides is 1. The number of nitrogens with one attached hydrogen (secondary N) is 1. The van der Waals surface area contributed by atoms with Gasteiger partial charge in [-0.2, -0.15) is 0 Å². The van der Waals surface area contributed by atoms with Gasteiger partial charge < -0.3 is 5.32 Å². The SMILES string of the molecule is Cc1ncsc1C(=O)NC(CCCl)C(C)(C)C. The number of nitrogens with zero attached hydrogens (tertiary/aromatic N) is 1. The van der Waals surface area contributed by atoms with E-state index in [1.807, 2.05) is 6.92 Å². The van der Waals surface area contributed by atoms with E-state index in [0.717, 1.165) is 12.1 Å². The van der Waals surface area contributed by atoms with Gasteiger partial charge in [-0.15, -0.1) is 22.9 Å². The van der Waals surface area contributed by atoms with E-state index in [9.17, 15) is 4.79 Å². The minimum absolute atomic E-state index is 0.00312. The Labute approximate surface area is 112 Å². The maximum Gasteiger partial charge on any atom is 0.263 e. The molecule has 0 saturated carbocycles. The highest BCUT2D eigenvalue weighted by Crippen LogP contribution is 2.23. The summed E-state index contributed by atoms with van der Waals surface area (Å²) < 4.78 is 0. The van der Waals surface area contributed by atoms with Crippen LogP contribution in [0.4, 0.5) is 0 Å². The molecule has 1 unspecified atom stereocenters. The van der Waals surface area contributed by atoms with Gasteiger partial charge in [-0.1, -0.05) is 20.8 Å². The Morgan fingerprint density at radius 1 is 1.59 bits per heavy atom. The molecular weight excluding hydrogens is 256 g/mol. The predicted octanol–water partition coefficient (Wildman–Crippen LogP) is 3.22. The molecule has 0 bridgehead atoms. The summed E-state index contributed by atoms with van der Waals surface area (Å²) in [6.45, 7) is 8.15. The number of aromatic nitrogens is 1. The highest BCUT2D eigenvalue weighted by Gasteiger charge is 2.26. The van der Waals surface area contributed by atoms with Crippen LogP contribution in [0.25, 0.3) is 0 Å². The first-order valence-electron chi connectivity index (χ1n) is 5.63. The van der Waals surface area contributed by atoms with Gasteiger partial charge in [0.25, 0.3) is 5.91 Å². The smallest absolute Gasteiger partial charge is 0.263 e. The van der Waals surface area contributed by atoms with Gasteiger partial charge in [0.1, 0.15) is 4.88 Å². The van der Waals surface area contributed by atoms with Crippen LogP contribution in [0.2, 0.25) is 0 Å². The molecule has 0 aliphatic heterocycles. The molecule has 96 valence electrons. The Kier molecular flexibility index (Phi) is 4.95. The minimum Gasteiger partial charge on any atom is -0.348 e. The number of hydrogen-bond donors (Lipinski definition) is 1. The van der Waals surface area contributed by atoms with Gasteiger partial charge in [0.15, 0.2) is 0 Å². The third-order valence-corrected chi connectivity index (χ3v) is 3.85. The van der Waals surface area contributed by atoms with Gasteiger partial charge in [-0.3, -0.25) is 4.79 Å². The molecule has 17 heavy (non-hydrogen) atoms. The zero-order valence-electron chi connectivity index (χ0n) is 10.7. The van der Waals surface area contributed by atoms with Gasteiger partial charge in [-0.25, -0.2) is 4.98 Å². The summed E-state index contributed by atoms with van der Waals surface area (Å²) in [6.07, 6.45) is 0.772. The molecule has 3 nitrogen and oxygen atoms in total. The van der Waals surface area contributed by atoms with Crippen molar-refractivity contribution in [1.29, 1.82) is 0 Å². The molecule has 5 heteroatoms. The van der Waals surface area contributed by atoms with Crippen LogP contribution < -0.4 is 5.32 Å². The Balaban J connectivity index is 2.75. The third kappa shape index (κ3) is 3.96. The first kappa shape index (κ1) is 14.5. The molecule has 1 aromatic heterocycles. The summed E-state index contributed by atoms with van der Waals surface area (Å²) >= 11 is 7.15. The van der Waals surface area contributed by atoms with Crippen LogP contribution in [0.15, 0.2) is 5.51 Å². The molecule has 1 N–H and O–H groups in total. The Hall–Kier alpha value is -0.610. The molecule has 0 aliphatic carbocycles. The molecule has 0 radical (unpaired) electrons. The standard InChI is InChI=1S/C12H19ClN2OS/c1-8-10(17-7-14-8)11(16)15-9(5-6-13)12(2,3)4/h7,9H,5-6H2,1-4H3,(H,15,16). The van der Waals surface area contributed by atoms with E-state index in [2.05, 4.69) is 31.1 Å². The van der Waals surface area contributed by atoms with Gasteiger partial charge >= 0.3 is 0 Å². The largest absolute Gasteiger partial charge is 0.348 e. The third-order valence-electron chi connectivity index (χ3n) is 2.70. The Bertz CT molecular complexity index is 384. The molecule has 0 saturated heterocycles. The molecule has 0 aliphatic rings. The number of hydrogen-bond acceptors (Lipinski definition) is 3. The number of carbonyl (C=O) groups excluding carboxylic acids is 1. The average molecular weight is 275 g/mol. The van der Waals surface area contributed by atoms with Crippen LogP contribution >= 0.6 is 22.9 Å². The zero-order valence-corrected chi connectivity index (χ0v) is 12.3. The minimum atomic E-state index is -0.0463. The van der Waals surface area contributed by atoms with E-state index < -0.39 is 0 Å². The lowest BCUT2D eigenvalue weighted by Crippen LogP contribution is -2.44. The normalized spacial score (nSPS) is 13.5. The van der Waals surface area contributed by atoms with Crippen LogP contribution in [0.1, 0.15) is 42.6 Å². The summed E-state index contributed by atoms with van der Waals surface area (Å²) in [5.74, 6) is 0.499. The van der Waals surface area contributed by atoms with Gasteiger partial charge in [0.05, 0.1) is 11.2 Å². The summed E-state index contributed by atoms with van der Waals surface area (Å²) in [5, 5.41) is 3.05. The van der Waals surface area contributed by atoms with Crippen molar-refractivity contribution in [1.82, 2.24) is 10.3 Å². The molecular formula is C12H19ClN2OS. The average Bonchev–Trinajstić information content (AvgIpc) is 2.62. The number of aryl methyl sites for hydroxylation is 1. The summed E-state index contributed by atoms with van der Waals surface area (Å²) in [5.41, 5.74) is 2.48. The van der Waals surface area contributed by atoms with E-state index in [-0.39, 0.29) is 17.4 Å². The zero-order chi connectivity index (χ0) is 13.1. The van der Waals surface area contributed by atoms with Crippen molar-refractivity contribution in [3.05, 3.63) is 16.1 Å². The molecule has 1 heterocycles. The van der Waals surface area contributed by atoms with Crippen LogP contribution in [-0.2, 0) is 0 Å². The van der Waals surface area contributed by atoms with Crippen molar-refractivity contribution in [3.63, 3.8) is 0 Å². The lowest BCUT2D eigenvalue weighted by molar-refractivity contribution is 0.0904. The second-order valence-electron chi connectivity index (χ2n) is 5.14. The topological polar surface area (TPSA) is 42.0 Å². The van der Waals surface area contributed by atoms with Crippen LogP contribution in [-0.4, -0.2) is 22.8 Å². The van der Waals surface area contributed by atoms with Crippen LogP contribution in [0, 0.1) is 12.3 Å². The molecule has 1 aromatic rings. The van der Waals surface area contributed by atoms with Crippen molar-refractivity contribution in [2.24, 2.45) is 5.41 Å². The van der Waals surface area contributed by atoms with E-state index in [1.165, 1.54) is 11.3 Å². The Morgan fingerprint density at radius 3 is 2.65 bits per heavy atom. The maximum atomic E-state index is 12.1. The number of rotatable bonds is 4. The highest BCUT2D eigenvalue weighted by molar-refractivity contribution is 7.11. The second kappa shape index (κ2) is 5.83. The fraction of sp³-hybridized carbons (Fsp3) is 0.667. The fourth-order valence-electron chi connectivity index (χ4n) is 1.57. The quantitative estimate of drug-likeness (QED) is 0.857. The Morgan fingerprint density at radius 2 is 2.24 bits per heavy atom. The summed E-state index contributed by atoms with van der Waals surface area (Å²) in [7, 11) is 0. The first-order chi connectivity index (χ1) is 7.86. The van der Waals surface area contributed by atoms with Crippen molar-refractivity contribution < 1.29 is 4.79 Å². The van der Waals surface area contributed by atoms with Gasteiger partial charge in [-0.05, 0) is 18.8 Å². The van der Waals surface area contributed by atoms with Gasteiger partial charge in [0.2, 0.25) is 0 Å². The molecule has 1 atom stereocenters. The second-order valence-corrected chi connectivity index (χ2v) is 6.37. The lowest BCUT2D eigenvalue weighted by atomic mass is 9.85. The summed E-state index contributed by atoms with van der Waals surface area (Å²) in [4.78, 5) is 16.8. The number of halogens is 1. The van der Waals surface area contributed by atoms with E-state index in [0.29, 0.717) is 10.8 Å². The summed E-state index contributed by atoms with van der Waals surface area (Å²) in [6, 6.07) is 0.0778. The van der Waals surface area contributed by atoms with Crippen molar-refractivity contribution in [2.45, 2.75) is 40.2 Å². The van der Waals surface area contributed by atoms with Crippen LogP contribution in [0.3, 0.4) is 0 Å². The molecule has 0 fully saturated rings. The fourth-order valence-corrected chi connectivity index (χ4v) is 2.50. The number of carbonyl (C=O) groups is 1. The predicted molar refractivity (Wildman–Crippen MR) is 72.9 cm³/mol. The van der Waals surface area contributed by atoms with E-state index >= 15 is 0 Å². The lowest BCUT2D eigenvalue weighted by Gasteiger charge is -2.31. The molecule has 0 spiro atoms. The molecule has 0 aromatic carbocycles. The van der Waals surface area contributed by atoms with Crippen molar-refractivity contribution in [2.75, 3.05) is 5.88 Å². The highest BCUT2D eigenvalue weighted by atomic mass is 35.5. The van der Waals surface area contributed by atoms with Gasteiger partial charge in [0, 0.05) is 11.9 Å².